The molecule has 4 aromatic rings. The van der Waals surface area contributed by atoms with E-state index >= 15 is 0 Å². The van der Waals surface area contributed by atoms with Crippen molar-refractivity contribution >= 4 is 46.2 Å². The van der Waals surface area contributed by atoms with Crippen LogP contribution >= 0.6 is 23.2 Å². The average Bonchev–Trinajstić information content (AvgIpc) is 2.79. The number of nitrogens with one attached hydrogen (secondary N) is 1. The van der Waals surface area contributed by atoms with Gasteiger partial charge in [-0.2, -0.15) is 5.10 Å². The second kappa shape index (κ2) is 9.16. The number of halogens is 2. The van der Waals surface area contributed by atoms with Gasteiger partial charge in [-0.1, -0.05) is 35.3 Å². The van der Waals surface area contributed by atoms with E-state index in [1.807, 2.05) is 24.3 Å². The number of hydrogen-bond donors (Lipinski definition) is 1. The molecular weight excluding hydrogens is 433 g/mol. The highest BCUT2D eigenvalue weighted by atomic mass is 35.5. The van der Waals surface area contributed by atoms with E-state index in [0.717, 1.165) is 16.9 Å². The van der Waals surface area contributed by atoms with Crippen LogP contribution in [-0.2, 0) is 0 Å². The monoisotopic (exact) mass is 449 g/mol. The minimum atomic E-state index is -0.366. The molecule has 0 spiro atoms. The van der Waals surface area contributed by atoms with Gasteiger partial charge in [-0.05, 0) is 66.2 Å². The number of fused-ring (bicyclic) bond motifs is 1. The maximum atomic E-state index is 13.0. The molecule has 0 bridgehead atoms. The molecule has 1 heterocycles. The van der Waals surface area contributed by atoms with Crippen LogP contribution in [0.3, 0.4) is 0 Å². The normalized spacial score (nSPS) is 11.1. The Labute approximate surface area is 189 Å². The summed E-state index contributed by atoms with van der Waals surface area (Å²) in [5.41, 5.74) is 5.98. The summed E-state index contributed by atoms with van der Waals surface area (Å²) in [6.45, 7) is 0. The number of rotatable bonds is 5. The molecule has 5 nitrogen and oxygen atoms in total. The molecule has 31 heavy (non-hydrogen) atoms. The Bertz CT molecular complexity index is 1270. The molecule has 1 aromatic heterocycles. The van der Waals surface area contributed by atoms with Gasteiger partial charge in [0.15, 0.2) is 0 Å². The fraction of sp³-hybridized carbons (Fsp3) is 0.0417. The zero-order valence-corrected chi connectivity index (χ0v) is 18.0. The lowest BCUT2D eigenvalue weighted by molar-refractivity contribution is 0.0956. The van der Waals surface area contributed by atoms with Crippen molar-refractivity contribution < 1.29 is 9.53 Å². The molecule has 0 aliphatic carbocycles. The Hall–Kier alpha value is -3.41. The van der Waals surface area contributed by atoms with Crippen LogP contribution in [0.2, 0.25) is 10.0 Å². The van der Waals surface area contributed by atoms with E-state index < -0.39 is 0 Å². The standard InChI is InChI=1S/C24H17Cl2N3O2/c1-31-19-9-4-16(5-10-19)23-13-21(20-12-18(26)8-11-22(20)28-23)24(30)29-27-14-15-2-6-17(25)7-3-15/h2-14H,1H3,(H,29,30)/b27-14+. The largest absolute Gasteiger partial charge is 0.497 e. The second-order valence-corrected chi connectivity index (χ2v) is 7.57. The predicted octanol–water partition coefficient (Wildman–Crippen LogP) is 5.98. The van der Waals surface area contributed by atoms with Crippen molar-refractivity contribution in [3.8, 4) is 17.0 Å². The Morgan fingerprint density at radius 3 is 2.39 bits per heavy atom. The topological polar surface area (TPSA) is 63.6 Å². The lowest BCUT2D eigenvalue weighted by atomic mass is 10.0. The first kappa shape index (κ1) is 20.8. The first-order chi connectivity index (χ1) is 15.0. The number of amides is 1. The van der Waals surface area contributed by atoms with Crippen LogP contribution in [0.4, 0.5) is 0 Å². The lowest BCUT2D eigenvalue weighted by Gasteiger charge is -2.10. The number of carbonyl (C=O) groups is 1. The van der Waals surface area contributed by atoms with Crippen LogP contribution < -0.4 is 10.2 Å². The Morgan fingerprint density at radius 2 is 1.68 bits per heavy atom. The number of nitrogens with zero attached hydrogens (tertiary/aromatic N) is 2. The van der Waals surface area contributed by atoms with Crippen molar-refractivity contribution in [1.29, 1.82) is 0 Å². The molecule has 0 aliphatic heterocycles. The smallest absolute Gasteiger partial charge is 0.272 e. The third-order valence-electron chi connectivity index (χ3n) is 4.65. The van der Waals surface area contributed by atoms with Crippen molar-refractivity contribution in [2.24, 2.45) is 5.10 Å². The van der Waals surface area contributed by atoms with Gasteiger partial charge in [-0.3, -0.25) is 4.79 Å². The fourth-order valence-electron chi connectivity index (χ4n) is 3.07. The van der Waals surface area contributed by atoms with Crippen LogP contribution in [0.1, 0.15) is 15.9 Å². The number of methoxy groups -OCH3 is 1. The number of pyridine rings is 1. The summed E-state index contributed by atoms with van der Waals surface area (Å²) in [7, 11) is 1.61. The van der Waals surface area contributed by atoms with E-state index in [2.05, 4.69) is 10.5 Å². The second-order valence-electron chi connectivity index (χ2n) is 6.70. The van der Waals surface area contributed by atoms with E-state index in [-0.39, 0.29) is 5.91 Å². The van der Waals surface area contributed by atoms with Gasteiger partial charge in [0.2, 0.25) is 0 Å². The van der Waals surface area contributed by atoms with Gasteiger partial charge in [0.05, 0.1) is 30.1 Å². The highest BCUT2D eigenvalue weighted by molar-refractivity contribution is 6.31. The molecule has 0 atom stereocenters. The number of aromatic nitrogens is 1. The molecular formula is C24H17Cl2N3O2. The SMILES string of the molecule is COc1ccc(-c2cc(C(=O)N/N=C/c3ccc(Cl)cc3)c3cc(Cl)ccc3n2)cc1. The molecule has 0 saturated heterocycles. The third kappa shape index (κ3) is 4.85. The number of ether oxygens (including phenoxy) is 1. The minimum absolute atomic E-state index is 0.366. The van der Waals surface area contributed by atoms with E-state index in [4.69, 9.17) is 32.9 Å². The van der Waals surface area contributed by atoms with Crippen LogP contribution in [0, 0.1) is 0 Å². The molecule has 3 aromatic carbocycles. The van der Waals surface area contributed by atoms with Crippen molar-refractivity contribution in [2.45, 2.75) is 0 Å². The number of hydrogen-bond acceptors (Lipinski definition) is 4. The van der Waals surface area contributed by atoms with E-state index in [1.165, 1.54) is 0 Å². The summed E-state index contributed by atoms with van der Waals surface area (Å²) >= 11 is 12.1. The van der Waals surface area contributed by atoms with Gasteiger partial charge in [0.25, 0.3) is 5.91 Å². The zero-order chi connectivity index (χ0) is 21.8. The molecule has 1 N–H and O–H groups in total. The van der Waals surface area contributed by atoms with Gasteiger partial charge in [-0.15, -0.1) is 0 Å². The summed E-state index contributed by atoms with van der Waals surface area (Å²) in [5, 5.41) is 5.86. The van der Waals surface area contributed by atoms with Crippen molar-refractivity contribution in [2.75, 3.05) is 7.11 Å². The van der Waals surface area contributed by atoms with Crippen molar-refractivity contribution in [3.05, 3.63) is 94.0 Å². The average molecular weight is 450 g/mol. The van der Waals surface area contributed by atoms with E-state index in [9.17, 15) is 4.79 Å². The van der Waals surface area contributed by atoms with Gasteiger partial charge in [-0.25, -0.2) is 10.4 Å². The van der Waals surface area contributed by atoms with Crippen LogP contribution in [0.5, 0.6) is 5.75 Å². The van der Waals surface area contributed by atoms with E-state index in [1.54, 1.807) is 61.9 Å². The maximum absolute atomic E-state index is 13.0. The quantitative estimate of drug-likeness (QED) is 0.301. The molecule has 0 fully saturated rings. The zero-order valence-electron chi connectivity index (χ0n) is 16.5. The Morgan fingerprint density at radius 1 is 0.968 bits per heavy atom. The summed E-state index contributed by atoms with van der Waals surface area (Å²) in [4.78, 5) is 17.7. The lowest BCUT2D eigenvalue weighted by Crippen LogP contribution is -2.18. The fourth-order valence-corrected chi connectivity index (χ4v) is 3.37. The highest BCUT2D eigenvalue weighted by Gasteiger charge is 2.14. The summed E-state index contributed by atoms with van der Waals surface area (Å²) in [5.74, 6) is 0.375. The summed E-state index contributed by atoms with van der Waals surface area (Å²) in [6.07, 6.45) is 1.55. The molecule has 154 valence electrons. The van der Waals surface area contributed by atoms with Gasteiger partial charge < -0.3 is 4.74 Å². The van der Waals surface area contributed by atoms with Crippen molar-refractivity contribution in [3.63, 3.8) is 0 Å². The van der Waals surface area contributed by atoms with Crippen LogP contribution in [0.15, 0.2) is 77.9 Å². The highest BCUT2D eigenvalue weighted by Crippen LogP contribution is 2.28. The molecule has 4 rings (SSSR count). The first-order valence-electron chi connectivity index (χ1n) is 9.37. The molecule has 0 saturated carbocycles. The van der Waals surface area contributed by atoms with Gasteiger partial charge >= 0.3 is 0 Å². The molecule has 7 heteroatoms. The third-order valence-corrected chi connectivity index (χ3v) is 5.14. The maximum Gasteiger partial charge on any atom is 0.272 e. The van der Waals surface area contributed by atoms with Crippen LogP contribution in [0.25, 0.3) is 22.2 Å². The summed E-state index contributed by atoms with van der Waals surface area (Å²) in [6, 6.07) is 21.6. The number of benzene rings is 3. The van der Waals surface area contributed by atoms with Crippen molar-refractivity contribution in [1.82, 2.24) is 10.4 Å². The van der Waals surface area contributed by atoms with Crippen LogP contribution in [-0.4, -0.2) is 24.2 Å². The van der Waals surface area contributed by atoms with E-state index in [0.29, 0.717) is 32.2 Å². The first-order valence-corrected chi connectivity index (χ1v) is 10.1. The van der Waals surface area contributed by atoms with Gasteiger partial charge in [0.1, 0.15) is 5.75 Å². The molecule has 0 aliphatic rings. The number of carbonyl (C=O) groups excluding carboxylic acids is 1. The predicted molar refractivity (Wildman–Crippen MR) is 125 cm³/mol. The van der Waals surface area contributed by atoms with Gasteiger partial charge in [0, 0.05) is 21.0 Å². The Balaban J connectivity index is 1.69. The Kier molecular flexibility index (Phi) is 6.16. The molecule has 1 amide bonds. The number of hydrazone groups is 1. The minimum Gasteiger partial charge on any atom is -0.497 e. The molecule has 0 radical (unpaired) electrons. The summed E-state index contributed by atoms with van der Waals surface area (Å²) < 4.78 is 5.22. The molecule has 0 unspecified atom stereocenters.